The van der Waals surface area contributed by atoms with Crippen LogP contribution < -0.4 is 9.47 Å². The number of ether oxygens (including phenoxy) is 2. The van der Waals surface area contributed by atoms with E-state index in [2.05, 4.69) is 64.5 Å². The number of hydrogen-bond donors (Lipinski definition) is 0. The minimum Gasteiger partial charge on any atom is -0.497 e. The van der Waals surface area contributed by atoms with Gasteiger partial charge in [0.1, 0.15) is 12.4 Å². The number of aromatic nitrogens is 1. The maximum atomic E-state index is 5.95. The van der Waals surface area contributed by atoms with Gasteiger partial charge in [0.05, 0.1) is 7.11 Å². The summed E-state index contributed by atoms with van der Waals surface area (Å²) in [4.78, 5) is 7.15. The molecule has 4 nitrogen and oxygen atoms in total. The highest BCUT2D eigenvalue weighted by atomic mass is 16.5. The summed E-state index contributed by atoms with van der Waals surface area (Å²) in [5, 5.41) is 0. The van der Waals surface area contributed by atoms with Gasteiger partial charge in [0.25, 0.3) is 0 Å². The van der Waals surface area contributed by atoms with E-state index in [9.17, 15) is 0 Å². The molecule has 1 saturated heterocycles. The quantitative estimate of drug-likeness (QED) is 0.503. The van der Waals surface area contributed by atoms with Gasteiger partial charge >= 0.3 is 0 Å². The van der Waals surface area contributed by atoms with Gasteiger partial charge in [0, 0.05) is 24.7 Å². The molecule has 2 aliphatic rings. The summed E-state index contributed by atoms with van der Waals surface area (Å²) in [5.41, 5.74) is 5.41. The van der Waals surface area contributed by atoms with Gasteiger partial charge in [-0.05, 0) is 79.1 Å². The molecule has 2 heterocycles. The standard InChI is InChI=1S/C28H32N2O2/c1-31-24-11-13-26-22(19-24)9-12-25(21-7-3-2-4-8-21)28(26)23-10-14-27(29-20-23)32-18-17-30-15-5-6-16-30/h2-4,7-8,10-11,13-14,19-20,25,28H,5-6,9,12,15-18H2,1H3/t25-,28+/m1/s1. The number of likely N-dealkylation sites (tertiary alicyclic amines) is 1. The van der Waals surface area contributed by atoms with Crippen molar-refractivity contribution >= 4 is 0 Å². The van der Waals surface area contributed by atoms with Crippen molar-refractivity contribution in [3.8, 4) is 11.6 Å². The average molecular weight is 429 g/mol. The van der Waals surface area contributed by atoms with Crippen LogP contribution in [-0.4, -0.2) is 43.2 Å². The van der Waals surface area contributed by atoms with Gasteiger partial charge in [-0.3, -0.25) is 4.90 Å². The molecule has 166 valence electrons. The van der Waals surface area contributed by atoms with Crippen LogP contribution in [0.1, 0.15) is 53.4 Å². The fraction of sp³-hybridized carbons (Fsp3) is 0.393. The maximum absolute atomic E-state index is 5.95. The Morgan fingerprint density at radius 2 is 1.81 bits per heavy atom. The number of fused-ring (bicyclic) bond motifs is 1. The van der Waals surface area contributed by atoms with Crippen molar-refractivity contribution in [1.82, 2.24) is 9.88 Å². The van der Waals surface area contributed by atoms with E-state index < -0.39 is 0 Å². The van der Waals surface area contributed by atoms with Crippen LogP contribution in [-0.2, 0) is 6.42 Å². The first-order valence-corrected chi connectivity index (χ1v) is 11.8. The normalized spacial score (nSPS) is 20.7. The van der Waals surface area contributed by atoms with Crippen LogP contribution in [0, 0.1) is 0 Å². The van der Waals surface area contributed by atoms with Gasteiger partial charge in [0.15, 0.2) is 0 Å². The molecule has 3 aromatic rings. The first-order chi connectivity index (χ1) is 15.8. The molecule has 1 fully saturated rings. The third-order valence-electron chi connectivity index (χ3n) is 7.01. The lowest BCUT2D eigenvalue weighted by atomic mass is 9.69. The zero-order valence-electron chi connectivity index (χ0n) is 18.9. The second-order valence-electron chi connectivity index (χ2n) is 8.93. The van der Waals surface area contributed by atoms with Crippen LogP contribution >= 0.6 is 0 Å². The van der Waals surface area contributed by atoms with Crippen LogP contribution in [0.15, 0.2) is 66.9 Å². The van der Waals surface area contributed by atoms with Crippen molar-refractivity contribution in [2.24, 2.45) is 0 Å². The molecule has 2 aromatic carbocycles. The molecule has 32 heavy (non-hydrogen) atoms. The Kier molecular flexibility index (Phi) is 6.40. The smallest absolute Gasteiger partial charge is 0.213 e. The lowest BCUT2D eigenvalue weighted by Gasteiger charge is -2.34. The van der Waals surface area contributed by atoms with Crippen molar-refractivity contribution in [3.05, 3.63) is 89.1 Å². The van der Waals surface area contributed by atoms with Crippen LogP contribution in [0.2, 0.25) is 0 Å². The Balaban J connectivity index is 1.39. The fourth-order valence-corrected chi connectivity index (χ4v) is 5.34. The topological polar surface area (TPSA) is 34.6 Å². The Morgan fingerprint density at radius 1 is 0.969 bits per heavy atom. The van der Waals surface area contributed by atoms with Crippen LogP contribution in [0.5, 0.6) is 11.6 Å². The predicted molar refractivity (Wildman–Crippen MR) is 128 cm³/mol. The number of methoxy groups -OCH3 is 1. The molecule has 4 heteroatoms. The number of rotatable bonds is 7. The van der Waals surface area contributed by atoms with Crippen LogP contribution in [0.3, 0.4) is 0 Å². The van der Waals surface area contributed by atoms with Crippen LogP contribution in [0.25, 0.3) is 0 Å². The van der Waals surface area contributed by atoms with Crippen molar-refractivity contribution < 1.29 is 9.47 Å². The fourth-order valence-electron chi connectivity index (χ4n) is 5.34. The summed E-state index contributed by atoms with van der Waals surface area (Å²) >= 11 is 0. The Morgan fingerprint density at radius 3 is 2.56 bits per heavy atom. The predicted octanol–water partition coefficient (Wildman–Crippen LogP) is 5.43. The van der Waals surface area contributed by atoms with E-state index in [1.165, 1.54) is 48.2 Å². The summed E-state index contributed by atoms with van der Waals surface area (Å²) in [7, 11) is 1.74. The van der Waals surface area contributed by atoms with Gasteiger partial charge in [0.2, 0.25) is 5.88 Å². The molecule has 5 rings (SSSR count). The Hall–Kier alpha value is -2.85. The molecule has 1 aliphatic heterocycles. The van der Waals surface area contributed by atoms with Crippen LogP contribution in [0.4, 0.5) is 0 Å². The molecule has 1 aliphatic carbocycles. The van der Waals surface area contributed by atoms with Gasteiger partial charge in [-0.2, -0.15) is 0 Å². The van der Waals surface area contributed by atoms with Gasteiger partial charge in [-0.1, -0.05) is 42.5 Å². The monoisotopic (exact) mass is 428 g/mol. The molecule has 0 bridgehead atoms. The summed E-state index contributed by atoms with van der Waals surface area (Å²) in [6, 6.07) is 21.7. The number of pyridine rings is 1. The molecule has 0 radical (unpaired) electrons. The molecule has 2 atom stereocenters. The van der Waals surface area contributed by atoms with E-state index in [0.29, 0.717) is 12.5 Å². The zero-order chi connectivity index (χ0) is 21.8. The Labute approximate surface area is 191 Å². The Bertz CT molecular complexity index is 1010. The highest BCUT2D eigenvalue weighted by Gasteiger charge is 2.32. The molecule has 0 unspecified atom stereocenters. The molecule has 0 amide bonds. The number of aryl methyl sites for hydroxylation is 1. The zero-order valence-corrected chi connectivity index (χ0v) is 18.9. The molecular formula is C28H32N2O2. The first kappa shape index (κ1) is 21.0. The number of benzene rings is 2. The highest BCUT2D eigenvalue weighted by Crippen LogP contribution is 2.46. The summed E-state index contributed by atoms with van der Waals surface area (Å²) in [6.07, 6.45) is 6.82. The first-order valence-electron chi connectivity index (χ1n) is 11.8. The lowest BCUT2D eigenvalue weighted by Crippen LogP contribution is -2.25. The number of nitrogens with zero attached hydrogens (tertiary/aromatic N) is 2. The average Bonchev–Trinajstić information content (AvgIpc) is 3.37. The molecule has 0 spiro atoms. The second-order valence-corrected chi connectivity index (χ2v) is 8.93. The third kappa shape index (κ3) is 4.51. The molecule has 1 aromatic heterocycles. The van der Waals surface area contributed by atoms with Gasteiger partial charge in [-0.25, -0.2) is 4.98 Å². The van der Waals surface area contributed by atoms with Crippen molar-refractivity contribution in [1.29, 1.82) is 0 Å². The number of hydrogen-bond acceptors (Lipinski definition) is 4. The largest absolute Gasteiger partial charge is 0.497 e. The van der Waals surface area contributed by atoms with E-state index >= 15 is 0 Å². The minimum absolute atomic E-state index is 0.276. The van der Waals surface area contributed by atoms with Gasteiger partial charge < -0.3 is 9.47 Å². The third-order valence-corrected chi connectivity index (χ3v) is 7.01. The van der Waals surface area contributed by atoms with E-state index in [1.807, 2.05) is 12.3 Å². The van der Waals surface area contributed by atoms with Gasteiger partial charge in [-0.15, -0.1) is 0 Å². The maximum Gasteiger partial charge on any atom is 0.213 e. The summed E-state index contributed by atoms with van der Waals surface area (Å²) < 4.78 is 11.4. The highest BCUT2D eigenvalue weighted by molar-refractivity contribution is 5.47. The summed E-state index contributed by atoms with van der Waals surface area (Å²) in [5.74, 6) is 2.36. The van der Waals surface area contributed by atoms with Crippen molar-refractivity contribution in [2.45, 2.75) is 37.5 Å². The molecule has 0 saturated carbocycles. The van der Waals surface area contributed by atoms with E-state index in [4.69, 9.17) is 9.47 Å². The van der Waals surface area contributed by atoms with Crippen molar-refractivity contribution in [2.75, 3.05) is 33.4 Å². The van der Waals surface area contributed by atoms with Crippen molar-refractivity contribution in [3.63, 3.8) is 0 Å². The molecular weight excluding hydrogens is 396 g/mol. The minimum atomic E-state index is 0.276. The SMILES string of the molecule is COc1ccc2c(c1)CC[C@H](c1ccccc1)[C@@H]2c1ccc(OCCN2CCCC2)nc1. The summed E-state index contributed by atoms with van der Waals surface area (Å²) in [6.45, 7) is 4.08. The lowest BCUT2D eigenvalue weighted by molar-refractivity contribution is 0.232. The second kappa shape index (κ2) is 9.74. The van der Waals surface area contributed by atoms with E-state index in [-0.39, 0.29) is 5.92 Å². The van der Waals surface area contributed by atoms with E-state index in [0.717, 1.165) is 31.0 Å². The van der Waals surface area contributed by atoms with E-state index in [1.54, 1.807) is 7.11 Å². The molecule has 0 N–H and O–H groups in total.